The molecule has 1 saturated heterocycles. The van der Waals surface area contributed by atoms with Crippen LogP contribution in [0, 0.1) is 0 Å². The molecule has 28 heavy (non-hydrogen) atoms. The monoisotopic (exact) mass is 410 g/mol. The number of thiazole rings is 1. The van der Waals surface area contributed by atoms with Gasteiger partial charge in [-0.3, -0.25) is 4.79 Å². The summed E-state index contributed by atoms with van der Waals surface area (Å²) in [4.78, 5) is 20.6. The van der Waals surface area contributed by atoms with Crippen molar-refractivity contribution in [1.82, 2.24) is 9.88 Å². The first-order valence-corrected chi connectivity index (χ1v) is 11.2. The number of aromatic nitrogens is 1. The maximum atomic E-state index is 13.3. The number of benzene rings is 2. The van der Waals surface area contributed by atoms with Gasteiger partial charge in [-0.05, 0) is 24.6 Å². The Morgan fingerprint density at radius 2 is 1.96 bits per heavy atom. The molecule has 1 aliphatic heterocycles. The summed E-state index contributed by atoms with van der Waals surface area (Å²) < 4.78 is 6.11. The van der Waals surface area contributed by atoms with E-state index < -0.39 is 0 Å². The van der Waals surface area contributed by atoms with Gasteiger partial charge >= 0.3 is 0 Å². The zero-order valence-corrected chi connectivity index (χ0v) is 17.3. The molecule has 144 valence electrons. The number of hydrogen-bond donors (Lipinski definition) is 0. The molecule has 1 aromatic heterocycles. The van der Waals surface area contributed by atoms with Crippen LogP contribution in [-0.2, 0) is 10.5 Å². The van der Waals surface area contributed by atoms with Gasteiger partial charge in [0.15, 0.2) is 0 Å². The Kier molecular flexibility index (Phi) is 6.10. The van der Waals surface area contributed by atoms with E-state index in [1.165, 1.54) is 0 Å². The molecule has 4 rings (SSSR count). The van der Waals surface area contributed by atoms with Gasteiger partial charge in [0.25, 0.3) is 5.91 Å². The predicted octanol–water partition coefficient (Wildman–Crippen LogP) is 5.04. The second-order valence-corrected chi connectivity index (χ2v) is 8.56. The highest BCUT2D eigenvalue weighted by Gasteiger charge is 2.30. The maximum absolute atomic E-state index is 13.3. The fraction of sp³-hybridized carbons (Fsp3) is 0.273. The average Bonchev–Trinajstić information content (AvgIpc) is 3.26. The molecule has 6 heteroatoms. The normalized spacial score (nSPS) is 19.5. The third kappa shape index (κ3) is 4.46. The van der Waals surface area contributed by atoms with E-state index in [1.807, 2.05) is 65.2 Å². The van der Waals surface area contributed by atoms with Crippen LogP contribution in [0.3, 0.4) is 0 Å². The van der Waals surface area contributed by atoms with E-state index in [0.717, 1.165) is 27.5 Å². The molecule has 1 aliphatic rings. The molecule has 4 nitrogen and oxygen atoms in total. The van der Waals surface area contributed by atoms with Crippen LogP contribution in [0.1, 0.15) is 34.6 Å². The van der Waals surface area contributed by atoms with E-state index in [0.29, 0.717) is 13.1 Å². The molecule has 0 spiro atoms. The Balaban J connectivity index is 1.52. The van der Waals surface area contributed by atoms with Crippen LogP contribution in [-0.4, -0.2) is 35.0 Å². The Morgan fingerprint density at radius 3 is 2.75 bits per heavy atom. The second kappa shape index (κ2) is 8.90. The number of ether oxygens (including phenoxy) is 1. The fourth-order valence-corrected chi connectivity index (χ4v) is 4.98. The number of hydrogen-bond acceptors (Lipinski definition) is 5. The SMILES string of the molecule is CC1CN(C(=O)c2ccccc2SCc2cscn2)CC(c2ccccc2)O1. The van der Waals surface area contributed by atoms with Crippen molar-refractivity contribution in [3.63, 3.8) is 0 Å². The highest BCUT2D eigenvalue weighted by Crippen LogP contribution is 2.30. The first-order chi connectivity index (χ1) is 13.7. The van der Waals surface area contributed by atoms with Gasteiger partial charge in [0.2, 0.25) is 0 Å². The zero-order valence-electron chi connectivity index (χ0n) is 15.7. The van der Waals surface area contributed by atoms with Crippen LogP contribution in [0.15, 0.2) is 70.4 Å². The first-order valence-electron chi connectivity index (χ1n) is 9.29. The molecule has 3 aromatic rings. The van der Waals surface area contributed by atoms with Crippen molar-refractivity contribution < 1.29 is 9.53 Å². The lowest BCUT2D eigenvalue weighted by atomic mass is 10.1. The van der Waals surface area contributed by atoms with Gasteiger partial charge in [-0.15, -0.1) is 23.1 Å². The lowest BCUT2D eigenvalue weighted by Gasteiger charge is -2.37. The second-order valence-electron chi connectivity index (χ2n) is 6.82. The van der Waals surface area contributed by atoms with Crippen LogP contribution in [0.4, 0.5) is 0 Å². The molecular weight excluding hydrogens is 388 g/mol. The van der Waals surface area contributed by atoms with Gasteiger partial charge in [0.05, 0.1) is 29.4 Å². The molecule has 2 heterocycles. The molecule has 0 bridgehead atoms. The summed E-state index contributed by atoms with van der Waals surface area (Å²) in [5, 5.41) is 2.05. The van der Waals surface area contributed by atoms with Crippen LogP contribution in [0.2, 0.25) is 0 Å². The van der Waals surface area contributed by atoms with Crippen LogP contribution in [0.25, 0.3) is 0 Å². The lowest BCUT2D eigenvalue weighted by Crippen LogP contribution is -2.46. The smallest absolute Gasteiger partial charge is 0.255 e. The summed E-state index contributed by atoms with van der Waals surface area (Å²) in [5.41, 5.74) is 4.74. The number of nitrogens with zero attached hydrogens (tertiary/aromatic N) is 2. The first kappa shape index (κ1) is 19.2. The number of carbonyl (C=O) groups is 1. The van der Waals surface area contributed by atoms with Gasteiger partial charge in [-0.1, -0.05) is 42.5 Å². The molecule has 2 aromatic carbocycles. The third-order valence-electron chi connectivity index (χ3n) is 4.70. The van der Waals surface area contributed by atoms with Crippen LogP contribution >= 0.6 is 23.1 Å². The molecule has 2 atom stereocenters. The summed E-state index contributed by atoms with van der Waals surface area (Å²) in [5.74, 6) is 0.831. The van der Waals surface area contributed by atoms with Crippen molar-refractivity contribution >= 4 is 29.0 Å². The average molecular weight is 411 g/mol. The summed E-state index contributed by atoms with van der Waals surface area (Å²) in [6.45, 7) is 3.20. The molecule has 2 unspecified atom stereocenters. The van der Waals surface area contributed by atoms with Crippen LogP contribution < -0.4 is 0 Å². The molecule has 0 saturated carbocycles. The van der Waals surface area contributed by atoms with Crippen molar-refractivity contribution in [2.75, 3.05) is 13.1 Å². The fourth-order valence-electron chi connectivity index (χ4n) is 3.37. The predicted molar refractivity (Wildman–Crippen MR) is 114 cm³/mol. The molecular formula is C22H22N2O2S2. The number of carbonyl (C=O) groups excluding carboxylic acids is 1. The topological polar surface area (TPSA) is 42.4 Å². The zero-order chi connectivity index (χ0) is 19.3. The summed E-state index contributed by atoms with van der Waals surface area (Å²) in [6.07, 6.45) is -0.0959. The third-order valence-corrected chi connectivity index (χ3v) is 6.44. The van der Waals surface area contributed by atoms with E-state index in [1.54, 1.807) is 23.1 Å². The molecule has 0 radical (unpaired) electrons. The number of rotatable bonds is 5. The Morgan fingerprint density at radius 1 is 1.18 bits per heavy atom. The number of amides is 1. The highest BCUT2D eigenvalue weighted by atomic mass is 32.2. The Labute approximate surface area is 173 Å². The minimum absolute atomic E-state index is 0.00210. The van der Waals surface area contributed by atoms with Crippen molar-refractivity contribution in [2.24, 2.45) is 0 Å². The van der Waals surface area contributed by atoms with E-state index in [-0.39, 0.29) is 18.1 Å². The van der Waals surface area contributed by atoms with E-state index in [2.05, 4.69) is 17.1 Å². The summed E-state index contributed by atoms with van der Waals surface area (Å²) >= 11 is 3.25. The minimum Gasteiger partial charge on any atom is -0.367 e. The van der Waals surface area contributed by atoms with Crippen molar-refractivity contribution in [3.8, 4) is 0 Å². The lowest BCUT2D eigenvalue weighted by molar-refractivity contribution is -0.0692. The largest absolute Gasteiger partial charge is 0.367 e. The molecule has 1 fully saturated rings. The summed E-state index contributed by atoms with van der Waals surface area (Å²) in [6, 6.07) is 18.0. The minimum atomic E-state index is -0.0938. The molecule has 0 aliphatic carbocycles. The Hall–Kier alpha value is -2.15. The highest BCUT2D eigenvalue weighted by molar-refractivity contribution is 7.98. The van der Waals surface area contributed by atoms with Gasteiger partial charge in [0.1, 0.15) is 6.10 Å². The summed E-state index contributed by atoms with van der Waals surface area (Å²) in [7, 11) is 0. The van der Waals surface area contributed by atoms with Crippen molar-refractivity contribution in [2.45, 2.75) is 29.8 Å². The number of thioether (sulfide) groups is 1. The van der Waals surface area contributed by atoms with Gasteiger partial charge < -0.3 is 9.64 Å². The quantitative estimate of drug-likeness (QED) is 0.553. The maximum Gasteiger partial charge on any atom is 0.255 e. The van der Waals surface area contributed by atoms with Gasteiger partial charge in [0, 0.05) is 22.6 Å². The van der Waals surface area contributed by atoms with Crippen molar-refractivity contribution in [3.05, 3.63) is 82.3 Å². The van der Waals surface area contributed by atoms with Gasteiger partial charge in [-0.2, -0.15) is 0 Å². The van der Waals surface area contributed by atoms with Gasteiger partial charge in [-0.25, -0.2) is 4.98 Å². The standard InChI is InChI=1S/C22H22N2O2S2/c1-16-11-24(12-20(26-16)17-7-3-2-4-8-17)22(25)19-9-5-6-10-21(19)28-14-18-13-27-15-23-18/h2-10,13,15-16,20H,11-12,14H2,1H3. The van der Waals surface area contributed by atoms with Crippen LogP contribution in [0.5, 0.6) is 0 Å². The van der Waals surface area contributed by atoms with E-state index in [9.17, 15) is 4.79 Å². The van der Waals surface area contributed by atoms with E-state index in [4.69, 9.17) is 4.74 Å². The molecule has 1 amide bonds. The molecule has 0 N–H and O–H groups in total. The van der Waals surface area contributed by atoms with Crippen molar-refractivity contribution in [1.29, 1.82) is 0 Å². The van der Waals surface area contributed by atoms with E-state index >= 15 is 0 Å². The Bertz CT molecular complexity index is 915. The number of morpholine rings is 1.